The predicted molar refractivity (Wildman–Crippen MR) is 247 cm³/mol. The Morgan fingerprint density at radius 3 is 2.38 bits per heavy atom. The van der Waals surface area contributed by atoms with E-state index in [0.29, 0.717) is 70.9 Å². The molecule has 0 aromatic heterocycles. The van der Waals surface area contributed by atoms with Crippen LogP contribution in [0, 0.1) is 29.5 Å². The van der Waals surface area contributed by atoms with E-state index < -0.39 is 46.6 Å². The molecule has 338 valence electrons. The van der Waals surface area contributed by atoms with Gasteiger partial charge in [-0.3, -0.25) is 39.4 Å². The molecular formula is C52H48Cl2FN5O6. The molecule has 11 nitrogen and oxygen atoms in total. The van der Waals surface area contributed by atoms with Crippen LogP contribution < -0.4 is 21.3 Å². The SMILES string of the molecule is O=C1CCC(N2Cc3cccc(C#CC4CCC(CC(=O)c5ccc(NC(=O)[C@@H]6NC7(CCCCC7)[C@@]7(C(=O)Nc8cc(Cl)ccc87)[C@H]6c6cccc(Cl)c6F)cc5)CC4)c3C2=O)C(=O)N1. The van der Waals surface area contributed by atoms with Gasteiger partial charge in [0.05, 0.1) is 16.6 Å². The zero-order valence-electron chi connectivity index (χ0n) is 36.1. The number of piperidine rings is 1. The van der Waals surface area contributed by atoms with Crippen LogP contribution >= 0.6 is 23.2 Å². The summed E-state index contributed by atoms with van der Waals surface area (Å²) in [7, 11) is 0. The number of ketones is 1. The van der Waals surface area contributed by atoms with Gasteiger partial charge in [-0.05, 0) is 116 Å². The summed E-state index contributed by atoms with van der Waals surface area (Å²) in [5, 5.41) is 12.4. The summed E-state index contributed by atoms with van der Waals surface area (Å²) in [5.74, 6) is 3.53. The number of benzene rings is 4. The Balaban J connectivity index is 0.806. The quantitative estimate of drug-likeness (QED) is 0.0823. The molecule has 4 fully saturated rings. The highest BCUT2D eigenvalue weighted by atomic mass is 35.5. The van der Waals surface area contributed by atoms with E-state index in [1.165, 1.54) is 11.0 Å². The van der Waals surface area contributed by atoms with Crippen LogP contribution in [0.5, 0.6) is 0 Å². The summed E-state index contributed by atoms with van der Waals surface area (Å²) in [5.41, 5.74) is 2.12. The fourth-order valence-electron chi connectivity index (χ4n) is 12.0. The van der Waals surface area contributed by atoms with Gasteiger partial charge in [-0.1, -0.05) is 84.6 Å². The average molecular weight is 929 g/mol. The maximum Gasteiger partial charge on any atom is 0.256 e. The van der Waals surface area contributed by atoms with Gasteiger partial charge in [0, 0.05) is 64.3 Å². The standard InChI is InChI=1S/C52H48Cl2FN5O6/c53-34-18-21-37-39(27-34)57-50(66)52(37)44(36-8-5-9-38(54)45(36)55)46(59-51(52)24-2-1-3-25-51)48(64)56-35-19-16-31(17-20-35)41(61)26-30-12-10-29(11-13-30)14-15-32-6-4-7-33-28-60(49(65)43(32)33)40-22-23-42(62)58-47(40)63/h4-9,16-21,27,29-30,40,44,46,59H,1-3,10-13,22-26,28H2,(H,56,64)(H,57,66)(H,58,62,63)/t29?,30?,40?,44-,46+,52+/m0/s1. The summed E-state index contributed by atoms with van der Waals surface area (Å²) in [6.07, 6.45) is 7.98. The zero-order chi connectivity index (χ0) is 45.9. The number of carbonyl (C=O) groups excluding carboxylic acids is 6. The van der Waals surface area contributed by atoms with Crippen LogP contribution in [0.25, 0.3) is 0 Å². The molecule has 4 aliphatic heterocycles. The molecule has 1 unspecified atom stereocenters. The van der Waals surface area contributed by atoms with Crippen molar-refractivity contribution in [1.29, 1.82) is 0 Å². The smallest absolute Gasteiger partial charge is 0.256 e. The molecule has 4 N–H and O–H groups in total. The molecule has 66 heavy (non-hydrogen) atoms. The fourth-order valence-corrected chi connectivity index (χ4v) is 12.3. The highest BCUT2D eigenvalue weighted by Gasteiger charge is 2.72. The van der Waals surface area contributed by atoms with Gasteiger partial charge in [0.1, 0.15) is 17.3 Å². The lowest BCUT2D eigenvalue weighted by atomic mass is 9.55. The molecule has 4 atom stereocenters. The summed E-state index contributed by atoms with van der Waals surface area (Å²) >= 11 is 12.8. The van der Waals surface area contributed by atoms with Crippen molar-refractivity contribution in [2.24, 2.45) is 11.8 Å². The largest absolute Gasteiger partial charge is 0.325 e. The molecule has 4 heterocycles. The van der Waals surface area contributed by atoms with Gasteiger partial charge < -0.3 is 15.5 Å². The lowest BCUT2D eigenvalue weighted by Crippen LogP contribution is -2.60. The molecule has 2 spiro atoms. The van der Waals surface area contributed by atoms with Crippen molar-refractivity contribution >= 4 is 69.9 Å². The fraction of sp³-hybridized carbons (Fsp3) is 0.385. The topological polar surface area (TPSA) is 154 Å². The van der Waals surface area contributed by atoms with Crippen LogP contribution in [0.3, 0.4) is 0 Å². The van der Waals surface area contributed by atoms with Crippen molar-refractivity contribution in [3.63, 3.8) is 0 Å². The highest BCUT2D eigenvalue weighted by molar-refractivity contribution is 6.31. The maximum atomic E-state index is 16.3. The molecule has 0 radical (unpaired) electrons. The van der Waals surface area contributed by atoms with E-state index in [1.54, 1.807) is 48.5 Å². The molecule has 5 amide bonds. The van der Waals surface area contributed by atoms with Crippen LogP contribution in [0.15, 0.2) is 78.9 Å². The number of halogens is 3. The zero-order valence-corrected chi connectivity index (χ0v) is 37.6. The third-order valence-corrected chi connectivity index (χ3v) is 15.6. The lowest BCUT2D eigenvalue weighted by molar-refractivity contribution is -0.137. The van der Waals surface area contributed by atoms with Gasteiger partial charge in [0.15, 0.2) is 5.78 Å². The van der Waals surface area contributed by atoms with Crippen LogP contribution in [0.1, 0.15) is 126 Å². The number of Topliss-reactive ketones (excluding diaryl/α,β-unsaturated/α-hetero) is 1. The number of hydrogen-bond acceptors (Lipinski definition) is 7. The number of rotatable bonds is 7. The van der Waals surface area contributed by atoms with Gasteiger partial charge >= 0.3 is 0 Å². The Bertz CT molecular complexity index is 2770. The molecule has 2 saturated heterocycles. The number of nitrogens with one attached hydrogen (secondary N) is 4. The Kier molecular flexibility index (Phi) is 11.6. The number of anilines is 2. The summed E-state index contributed by atoms with van der Waals surface area (Å²) in [6, 6.07) is 20.6. The second-order valence-corrected chi connectivity index (χ2v) is 19.6. The summed E-state index contributed by atoms with van der Waals surface area (Å²) in [6.45, 7) is 0.298. The summed E-state index contributed by atoms with van der Waals surface area (Å²) < 4.78 is 16.3. The van der Waals surface area contributed by atoms with Gasteiger partial charge in [-0.25, -0.2) is 4.39 Å². The van der Waals surface area contributed by atoms with Crippen LogP contribution in [-0.4, -0.2) is 57.8 Å². The first-order valence-corrected chi connectivity index (χ1v) is 23.7. The molecule has 14 heteroatoms. The van der Waals surface area contributed by atoms with E-state index >= 15 is 4.39 Å². The monoisotopic (exact) mass is 927 g/mol. The highest BCUT2D eigenvalue weighted by Crippen LogP contribution is 2.63. The van der Waals surface area contributed by atoms with E-state index in [4.69, 9.17) is 23.2 Å². The minimum absolute atomic E-state index is 0.00231. The van der Waals surface area contributed by atoms with Crippen molar-refractivity contribution in [2.45, 2.75) is 113 Å². The van der Waals surface area contributed by atoms with Crippen molar-refractivity contribution in [3.05, 3.63) is 128 Å². The molecule has 4 aromatic carbocycles. The van der Waals surface area contributed by atoms with E-state index in [9.17, 15) is 28.8 Å². The minimum Gasteiger partial charge on any atom is -0.325 e. The number of carbonyl (C=O) groups is 6. The van der Waals surface area contributed by atoms with E-state index in [-0.39, 0.29) is 52.3 Å². The molecule has 6 aliphatic rings. The predicted octanol–water partition coefficient (Wildman–Crippen LogP) is 8.61. The lowest BCUT2D eigenvalue weighted by Gasteiger charge is -2.47. The van der Waals surface area contributed by atoms with Crippen LogP contribution in [0.4, 0.5) is 15.8 Å². The minimum atomic E-state index is -1.35. The van der Waals surface area contributed by atoms with E-state index in [0.717, 1.165) is 50.5 Å². The molecule has 0 bridgehead atoms. The molecule has 2 aliphatic carbocycles. The van der Waals surface area contributed by atoms with E-state index in [2.05, 4.69) is 33.1 Å². The van der Waals surface area contributed by atoms with Gasteiger partial charge in [-0.2, -0.15) is 0 Å². The van der Waals surface area contributed by atoms with Crippen molar-refractivity contribution in [1.82, 2.24) is 15.5 Å². The van der Waals surface area contributed by atoms with Gasteiger partial charge in [0.25, 0.3) is 5.91 Å². The number of nitrogens with zero attached hydrogens (tertiary/aromatic N) is 1. The Morgan fingerprint density at radius 2 is 1.62 bits per heavy atom. The first kappa shape index (κ1) is 44.0. The third-order valence-electron chi connectivity index (χ3n) is 15.1. The molecule has 10 rings (SSSR count). The van der Waals surface area contributed by atoms with Gasteiger partial charge in [0.2, 0.25) is 23.6 Å². The van der Waals surface area contributed by atoms with Crippen molar-refractivity contribution in [3.8, 4) is 11.8 Å². The van der Waals surface area contributed by atoms with Crippen molar-refractivity contribution < 1.29 is 33.2 Å². The first-order valence-electron chi connectivity index (χ1n) is 22.9. The van der Waals surface area contributed by atoms with Crippen LogP contribution in [-0.2, 0) is 31.1 Å². The summed E-state index contributed by atoms with van der Waals surface area (Å²) in [4.78, 5) is 82.2. The number of hydrogen-bond donors (Lipinski definition) is 4. The maximum absolute atomic E-state index is 16.3. The normalized spacial score (nSPS) is 26.3. The second kappa shape index (κ2) is 17.4. The number of fused-ring (bicyclic) bond motifs is 4. The molecule has 4 aromatic rings. The van der Waals surface area contributed by atoms with Gasteiger partial charge in [-0.15, -0.1) is 0 Å². The second-order valence-electron chi connectivity index (χ2n) is 18.8. The first-order chi connectivity index (χ1) is 31.9. The number of amides is 5. The van der Waals surface area contributed by atoms with Crippen LogP contribution in [0.2, 0.25) is 10.0 Å². The Hall–Kier alpha value is -5.87. The Morgan fingerprint density at radius 1 is 0.864 bits per heavy atom. The molecular weight excluding hydrogens is 881 g/mol. The third kappa shape index (κ3) is 7.49. The average Bonchev–Trinajstić information content (AvgIpc) is 3.91. The number of imide groups is 1. The van der Waals surface area contributed by atoms with E-state index in [1.807, 2.05) is 24.3 Å². The Labute approximate surface area is 391 Å². The molecule has 2 saturated carbocycles. The van der Waals surface area contributed by atoms with Crippen molar-refractivity contribution in [2.75, 3.05) is 10.6 Å².